The van der Waals surface area contributed by atoms with Crippen LogP contribution in [0, 0.1) is 0 Å². The molecule has 7 aromatic rings. The number of benzene rings is 6. The molecule has 5 nitrogen and oxygen atoms in total. The van der Waals surface area contributed by atoms with Crippen molar-refractivity contribution in [3.63, 3.8) is 0 Å². The van der Waals surface area contributed by atoms with E-state index < -0.39 is 0 Å². The predicted molar refractivity (Wildman–Crippen MR) is 218 cm³/mol. The summed E-state index contributed by atoms with van der Waals surface area (Å²) in [7, 11) is 0. The minimum Gasteiger partial charge on any atom is -0.331 e. The Morgan fingerprint density at radius 1 is 0.537 bits per heavy atom. The largest absolute Gasteiger partial charge is 0.331 e. The van der Waals surface area contributed by atoms with Gasteiger partial charge in [-0.1, -0.05) is 159 Å². The van der Waals surface area contributed by atoms with Crippen LogP contribution in [-0.4, -0.2) is 21.0 Å². The Labute approximate surface area is 315 Å². The van der Waals surface area contributed by atoms with E-state index in [2.05, 4.69) is 175 Å². The molecule has 0 spiro atoms. The van der Waals surface area contributed by atoms with Crippen molar-refractivity contribution in [3.05, 3.63) is 203 Å². The SMILES string of the molecule is CC1(C)C2=C(c3ccccc31)N(c1nc(-c3ccccc3)nc(-c3ccccc3)n1)C1c3ccccc3N(c3ccccc3)C1C1=C2c2ccccc2C1. The second kappa shape index (κ2) is 11.7. The maximum atomic E-state index is 5.48. The molecule has 0 amide bonds. The van der Waals surface area contributed by atoms with Gasteiger partial charge in [0, 0.05) is 39.0 Å². The second-order valence-corrected chi connectivity index (χ2v) is 15.2. The van der Waals surface area contributed by atoms with Crippen LogP contribution in [0.2, 0.25) is 0 Å². The number of allylic oxidation sites excluding steroid dienone is 2. The summed E-state index contributed by atoms with van der Waals surface area (Å²) in [5.74, 6) is 1.96. The molecule has 0 fully saturated rings. The molecule has 2 atom stereocenters. The first-order chi connectivity index (χ1) is 26.6. The zero-order valence-corrected chi connectivity index (χ0v) is 30.2. The molecule has 4 aliphatic rings. The van der Waals surface area contributed by atoms with Crippen LogP contribution >= 0.6 is 0 Å². The van der Waals surface area contributed by atoms with Crippen LogP contribution in [0.3, 0.4) is 0 Å². The van der Waals surface area contributed by atoms with Crippen molar-refractivity contribution >= 4 is 28.6 Å². The van der Waals surface area contributed by atoms with E-state index in [-0.39, 0.29) is 17.5 Å². The van der Waals surface area contributed by atoms with E-state index in [0.717, 1.165) is 17.5 Å². The zero-order chi connectivity index (χ0) is 36.0. The summed E-state index contributed by atoms with van der Waals surface area (Å²) in [4.78, 5) is 21.2. The Morgan fingerprint density at radius 2 is 1.11 bits per heavy atom. The van der Waals surface area contributed by atoms with E-state index in [1.165, 1.54) is 61.6 Å². The standard InChI is InChI=1S/C49H37N5/c1-49(2)39-28-16-14-26-36(39)43-42(49)41-35-25-13-12-22-33(35)30-38(41)45-44(37-27-15-17-29-40(37)53(45)34-23-10-5-11-24-34)54(43)48-51-46(31-18-6-3-7-19-31)50-47(52-48)32-20-8-4-9-21-32/h3-29,44-45H,30H2,1-2H3. The van der Waals surface area contributed by atoms with Gasteiger partial charge in [-0.05, 0) is 58.0 Å². The van der Waals surface area contributed by atoms with Crippen molar-refractivity contribution < 1.29 is 0 Å². The van der Waals surface area contributed by atoms with Crippen molar-refractivity contribution in [3.8, 4) is 22.8 Å². The first-order valence-corrected chi connectivity index (χ1v) is 18.8. The van der Waals surface area contributed by atoms with E-state index >= 15 is 0 Å². The molecular weight excluding hydrogens is 659 g/mol. The molecule has 11 rings (SSSR count). The van der Waals surface area contributed by atoms with Gasteiger partial charge >= 0.3 is 0 Å². The number of hydrogen-bond donors (Lipinski definition) is 0. The average Bonchev–Trinajstić information content (AvgIpc) is 3.81. The molecule has 1 aromatic heterocycles. The molecule has 0 N–H and O–H groups in total. The molecule has 3 heterocycles. The van der Waals surface area contributed by atoms with Crippen LogP contribution < -0.4 is 9.80 Å². The predicted octanol–water partition coefficient (Wildman–Crippen LogP) is 11.0. The molecule has 2 aliphatic carbocycles. The van der Waals surface area contributed by atoms with Crippen molar-refractivity contribution in [2.75, 3.05) is 9.80 Å². The van der Waals surface area contributed by atoms with Crippen LogP contribution in [0.25, 0.3) is 34.0 Å². The topological polar surface area (TPSA) is 45.2 Å². The highest BCUT2D eigenvalue weighted by molar-refractivity contribution is 6.05. The lowest BCUT2D eigenvalue weighted by Crippen LogP contribution is -2.40. The summed E-state index contributed by atoms with van der Waals surface area (Å²) in [5.41, 5.74) is 15.9. The molecule has 258 valence electrons. The maximum absolute atomic E-state index is 5.48. The van der Waals surface area contributed by atoms with E-state index in [0.29, 0.717) is 17.6 Å². The van der Waals surface area contributed by atoms with Crippen molar-refractivity contribution in [2.45, 2.75) is 37.8 Å². The molecule has 0 saturated heterocycles. The Kier molecular flexibility index (Phi) is 6.72. The van der Waals surface area contributed by atoms with Gasteiger partial charge in [-0.25, -0.2) is 4.98 Å². The molecule has 0 saturated carbocycles. The molecule has 6 aromatic carbocycles. The van der Waals surface area contributed by atoms with E-state index in [4.69, 9.17) is 15.0 Å². The van der Waals surface area contributed by atoms with Gasteiger partial charge in [0.05, 0.1) is 17.8 Å². The summed E-state index contributed by atoms with van der Waals surface area (Å²) in [6.45, 7) is 4.81. The minimum atomic E-state index is -0.296. The van der Waals surface area contributed by atoms with Gasteiger partial charge in [0.1, 0.15) is 0 Å². The molecule has 2 aliphatic heterocycles. The Bertz CT molecular complexity index is 2620. The highest BCUT2D eigenvalue weighted by Crippen LogP contribution is 2.63. The fraction of sp³-hybridized carbons (Fsp3) is 0.122. The summed E-state index contributed by atoms with van der Waals surface area (Å²) in [6, 6.07) is 58.4. The second-order valence-electron chi connectivity index (χ2n) is 15.2. The van der Waals surface area contributed by atoms with Crippen LogP contribution in [0.1, 0.15) is 47.7 Å². The van der Waals surface area contributed by atoms with Gasteiger partial charge < -0.3 is 4.90 Å². The molecule has 0 radical (unpaired) electrons. The van der Waals surface area contributed by atoms with E-state index in [1.807, 2.05) is 12.1 Å². The first kappa shape index (κ1) is 31.0. The lowest BCUT2D eigenvalue weighted by molar-refractivity contribution is 0.612. The third-order valence-corrected chi connectivity index (χ3v) is 11.9. The lowest BCUT2D eigenvalue weighted by atomic mass is 9.76. The number of hydrogen-bond acceptors (Lipinski definition) is 5. The highest BCUT2D eigenvalue weighted by Gasteiger charge is 2.55. The molecule has 5 heteroatoms. The summed E-state index contributed by atoms with van der Waals surface area (Å²) < 4.78 is 0. The number of fused-ring (bicyclic) bond motifs is 9. The monoisotopic (exact) mass is 695 g/mol. The highest BCUT2D eigenvalue weighted by atomic mass is 15.4. The number of para-hydroxylation sites is 2. The van der Waals surface area contributed by atoms with Crippen molar-refractivity contribution in [2.24, 2.45) is 0 Å². The summed E-state index contributed by atoms with van der Waals surface area (Å²) in [6.07, 6.45) is 0.878. The van der Waals surface area contributed by atoms with Crippen molar-refractivity contribution in [1.29, 1.82) is 0 Å². The normalized spacial score (nSPS) is 18.8. The van der Waals surface area contributed by atoms with E-state index in [9.17, 15) is 0 Å². The smallest absolute Gasteiger partial charge is 0.234 e. The van der Waals surface area contributed by atoms with Gasteiger partial charge in [0.25, 0.3) is 0 Å². The minimum absolute atomic E-state index is 0.0436. The lowest BCUT2D eigenvalue weighted by Gasteiger charge is -2.37. The third-order valence-electron chi connectivity index (χ3n) is 11.9. The Morgan fingerprint density at radius 3 is 1.81 bits per heavy atom. The van der Waals surface area contributed by atoms with Crippen LogP contribution in [0.15, 0.2) is 175 Å². The Hall–Kier alpha value is -6.59. The molecule has 0 bridgehead atoms. The summed E-state index contributed by atoms with van der Waals surface area (Å²) >= 11 is 0. The molecule has 2 unspecified atom stereocenters. The molecule has 54 heavy (non-hydrogen) atoms. The zero-order valence-electron chi connectivity index (χ0n) is 30.2. The number of anilines is 3. The average molecular weight is 696 g/mol. The first-order valence-electron chi connectivity index (χ1n) is 18.8. The van der Waals surface area contributed by atoms with Gasteiger partial charge in [0.2, 0.25) is 5.95 Å². The van der Waals surface area contributed by atoms with Gasteiger partial charge in [-0.15, -0.1) is 0 Å². The van der Waals surface area contributed by atoms with Crippen LogP contribution in [0.5, 0.6) is 0 Å². The fourth-order valence-corrected chi connectivity index (χ4v) is 9.62. The summed E-state index contributed by atoms with van der Waals surface area (Å²) in [5, 5.41) is 0. The number of nitrogens with zero attached hydrogens (tertiary/aromatic N) is 5. The Balaban J connectivity index is 1.28. The van der Waals surface area contributed by atoms with Gasteiger partial charge in [-0.2, -0.15) is 9.97 Å². The van der Waals surface area contributed by atoms with Gasteiger partial charge in [-0.3, -0.25) is 4.90 Å². The van der Waals surface area contributed by atoms with Crippen LogP contribution in [-0.2, 0) is 11.8 Å². The molecular formula is C49H37N5. The van der Waals surface area contributed by atoms with E-state index in [1.54, 1.807) is 0 Å². The van der Waals surface area contributed by atoms with Crippen LogP contribution in [0.4, 0.5) is 17.3 Å². The van der Waals surface area contributed by atoms with Crippen molar-refractivity contribution in [1.82, 2.24) is 15.0 Å². The number of aromatic nitrogens is 3. The fourth-order valence-electron chi connectivity index (χ4n) is 9.62. The maximum Gasteiger partial charge on any atom is 0.234 e. The third kappa shape index (κ3) is 4.42. The van der Waals surface area contributed by atoms with Gasteiger partial charge in [0.15, 0.2) is 11.6 Å². The quantitative estimate of drug-likeness (QED) is 0.183. The number of rotatable bonds is 4.